The molecule has 0 fully saturated rings. The van der Waals surface area contributed by atoms with Crippen molar-refractivity contribution in [3.8, 4) is 5.69 Å². The van der Waals surface area contributed by atoms with Gasteiger partial charge in [0.15, 0.2) is 18.1 Å². The molecule has 3 aromatic rings. The van der Waals surface area contributed by atoms with Crippen molar-refractivity contribution in [2.24, 2.45) is 0 Å². The van der Waals surface area contributed by atoms with Crippen LogP contribution in [-0.2, 0) is 17.6 Å². The summed E-state index contributed by atoms with van der Waals surface area (Å²) in [5.41, 5.74) is 3.78. The molecule has 0 atom stereocenters. The van der Waals surface area contributed by atoms with Crippen LogP contribution in [0, 0.1) is 5.82 Å². The molecule has 0 aliphatic heterocycles. The molecule has 1 aliphatic carbocycles. The number of Topliss-reactive ketones (excluding diaryl/α,β-unsaturated/α-hetero) is 1. The number of carbonyl (C=O) groups is 2. The summed E-state index contributed by atoms with van der Waals surface area (Å²) in [4.78, 5) is 28.7. The first-order chi connectivity index (χ1) is 13.1. The van der Waals surface area contributed by atoms with Crippen molar-refractivity contribution in [2.75, 3.05) is 6.61 Å². The summed E-state index contributed by atoms with van der Waals surface area (Å²) < 4.78 is 19.8. The molecule has 1 heterocycles. The number of ketones is 1. The summed E-state index contributed by atoms with van der Waals surface area (Å²) in [5.74, 6) is -1.28. The van der Waals surface area contributed by atoms with E-state index < -0.39 is 5.97 Å². The van der Waals surface area contributed by atoms with Crippen LogP contribution in [0.1, 0.15) is 38.4 Å². The van der Waals surface area contributed by atoms with Gasteiger partial charge in [0.05, 0.1) is 12.5 Å². The summed E-state index contributed by atoms with van der Waals surface area (Å²) >= 11 is 0. The Morgan fingerprint density at radius 3 is 2.67 bits per heavy atom. The van der Waals surface area contributed by atoms with Gasteiger partial charge in [0, 0.05) is 11.3 Å². The maximum Gasteiger partial charge on any atom is 0.357 e. The summed E-state index contributed by atoms with van der Waals surface area (Å²) in [6.45, 7) is -0.341. The number of halogens is 1. The Labute approximate surface area is 155 Å². The first kappa shape index (κ1) is 17.1. The lowest BCUT2D eigenvalue weighted by Gasteiger charge is -2.09. The molecule has 0 bridgehead atoms. The molecule has 4 rings (SSSR count). The number of benzene rings is 2. The van der Waals surface area contributed by atoms with Crippen molar-refractivity contribution in [1.82, 2.24) is 9.55 Å². The fraction of sp³-hybridized carbons (Fsp3) is 0.190. The minimum atomic E-state index is -0.661. The summed E-state index contributed by atoms with van der Waals surface area (Å²) in [5, 5.41) is 0. The molecule has 0 unspecified atom stereocenters. The number of aryl methyl sites for hydroxylation is 2. The monoisotopic (exact) mass is 364 g/mol. The van der Waals surface area contributed by atoms with Crippen LogP contribution in [0.3, 0.4) is 0 Å². The largest absolute Gasteiger partial charge is 0.453 e. The highest BCUT2D eigenvalue weighted by Gasteiger charge is 2.18. The normalized spacial score (nSPS) is 12.6. The van der Waals surface area contributed by atoms with E-state index in [0.29, 0.717) is 11.3 Å². The van der Waals surface area contributed by atoms with E-state index in [0.717, 1.165) is 19.3 Å². The van der Waals surface area contributed by atoms with E-state index in [1.807, 2.05) is 12.1 Å². The standard InChI is InChI=1S/C21H17FN2O3/c22-17-6-8-18(9-7-17)24-13-23-11-19(24)21(26)27-12-20(25)16-5-4-14-2-1-3-15(14)10-16/h4-11,13H,1-3,12H2. The summed E-state index contributed by atoms with van der Waals surface area (Å²) in [7, 11) is 0. The third-order valence-electron chi connectivity index (χ3n) is 4.71. The quantitative estimate of drug-likeness (QED) is 0.513. The van der Waals surface area contributed by atoms with Crippen LogP contribution in [-0.4, -0.2) is 27.9 Å². The highest BCUT2D eigenvalue weighted by atomic mass is 19.1. The third kappa shape index (κ3) is 3.51. The van der Waals surface area contributed by atoms with E-state index in [1.165, 1.54) is 52.5 Å². The van der Waals surface area contributed by atoms with Crippen molar-refractivity contribution in [2.45, 2.75) is 19.3 Å². The van der Waals surface area contributed by atoms with Crippen molar-refractivity contribution >= 4 is 11.8 Å². The number of esters is 1. The number of aromatic nitrogens is 2. The van der Waals surface area contributed by atoms with Crippen LogP contribution < -0.4 is 0 Å². The second-order valence-corrected chi connectivity index (χ2v) is 6.46. The molecule has 0 saturated heterocycles. The number of ether oxygens (including phenoxy) is 1. The topological polar surface area (TPSA) is 61.2 Å². The van der Waals surface area contributed by atoms with Crippen LogP contribution in [0.25, 0.3) is 5.69 Å². The van der Waals surface area contributed by atoms with Crippen LogP contribution in [0.2, 0.25) is 0 Å². The van der Waals surface area contributed by atoms with E-state index >= 15 is 0 Å². The molecule has 2 aromatic carbocycles. The Bertz CT molecular complexity index is 1010. The second-order valence-electron chi connectivity index (χ2n) is 6.46. The van der Waals surface area contributed by atoms with Gasteiger partial charge in [-0.25, -0.2) is 14.2 Å². The van der Waals surface area contributed by atoms with Gasteiger partial charge in [-0.2, -0.15) is 0 Å². The predicted molar refractivity (Wildman–Crippen MR) is 96.6 cm³/mol. The third-order valence-corrected chi connectivity index (χ3v) is 4.71. The summed E-state index contributed by atoms with van der Waals surface area (Å²) in [6.07, 6.45) is 5.92. The molecule has 0 N–H and O–H groups in total. The lowest BCUT2D eigenvalue weighted by Crippen LogP contribution is -2.16. The fourth-order valence-corrected chi connectivity index (χ4v) is 3.29. The van der Waals surface area contributed by atoms with Gasteiger partial charge in [-0.3, -0.25) is 9.36 Å². The number of imidazole rings is 1. The zero-order chi connectivity index (χ0) is 18.8. The maximum atomic E-state index is 13.1. The van der Waals surface area contributed by atoms with Crippen molar-refractivity contribution < 1.29 is 18.7 Å². The number of hydrogen-bond donors (Lipinski definition) is 0. The van der Waals surface area contributed by atoms with Gasteiger partial charge in [0.2, 0.25) is 0 Å². The molecule has 1 aromatic heterocycles. The van der Waals surface area contributed by atoms with Gasteiger partial charge in [-0.15, -0.1) is 0 Å². The second kappa shape index (κ2) is 7.15. The minimum Gasteiger partial charge on any atom is -0.453 e. The lowest BCUT2D eigenvalue weighted by molar-refractivity contribution is 0.0467. The molecule has 6 heteroatoms. The molecule has 136 valence electrons. The van der Waals surface area contributed by atoms with Gasteiger partial charge < -0.3 is 4.74 Å². The molecule has 0 amide bonds. The number of fused-ring (bicyclic) bond motifs is 1. The van der Waals surface area contributed by atoms with Crippen LogP contribution >= 0.6 is 0 Å². The van der Waals surface area contributed by atoms with E-state index in [9.17, 15) is 14.0 Å². The van der Waals surface area contributed by atoms with Gasteiger partial charge in [-0.05, 0) is 60.7 Å². The number of rotatable bonds is 5. The minimum absolute atomic E-state index is 0.170. The zero-order valence-electron chi connectivity index (χ0n) is 14.5. The van der Waals surface area contributed by atoms with Gasteiger partial charge in [-0.1, -0.05) is 12.1 Å². The van der Waals surface area contributed by atoms with Gasteiger partial charge in [0.25, 0.3) is 0 Å². The van der Waals surface area contributed by atoms with Crippen molar-refractivity contribution in [1.29, 1.82) is 0 Å². The molecule has 5 nitrogen and oxygen atoms in total. The highest BCUT2D eigenvalue weighted by Crippen LogP contribution is 2.23. The lowest BCUT2D eigenvalue weighted by atomic mass is 10.0. The predicted octanol–water partition coefficient (Wildman–Crippen LogP) is 3.54. The Morgan fingerprint density at radius 2 is 1.85 bits per heavy atom. The number of carbonyl (C=O) groups excluding carboxylic acids is 2. The molecule has 0 radical (unpaired) electrons. The van der Waals surface area contributed by atoms with Gasteiger partial charge in [0.1, 0.15) is 5.82 Å². The zero-order valence-corrected chi connectivity index (χ0v) is 14.5. The Balaban J connectivity index is 1.45. The SMILES string of the molecule is O=C(COC(=O)c1cncn1-c1ccc(F)cc1)c1ccc2c(c1)CCC2. The molecule has 1 aliphatic rings. The number of hydrogen-bond acceptors (Lipinski definition) is 4. The highest BCUT2D eigenvalue weighted by molar-refractivity contribution is 5.99. The maximum absolute atomic E-state index is 13.1. The van der Waals surface area contributed by atoms with Crippen molar-refractivity contribution in [3.63, 3.8) is 0 Å². The molecular formula is C21H17FN2O3. The molecular weight excluding hydrogens is 347 g/mol. The first-order valence-electron chi connectivity index (χ1n) is 8.72. The fourth-order valence-electron chi connectivity index (χ4n) is 3.29. The van der Waals surface area contributed by atoms with E-state index in [-0.39, 0.29) is 23.9 Å². The summed E-state index contributed by atoms with van der Waals surface area (Å²) in [6, 6.07) is 11.3. The Hall–Kier alpha value is -3.28. The Kier molecular flexibility index (Phi) is 4.54. The van der Waals surface area contributed by atoms with E-state index in [2.05, 4.69) is 4.98 Å². The van der Waals surface area contributed by atoms with Crippen molar-refractivity contribution in [3.05, 3.63) is 83.2 Å². The first-order valence-corrected chi connectivity index (χ1v) is 8.72. The molecule has 27 heavy (non-hydrogen) atoms. The van der Waals surface area contributed by atoms with E-state index in [4.69, 9.17) is 4.74 Å². The van der Waals surface area contributed by atoms with Crippen LogP contribution in [0.5, 0.6) is 0 Å². The van der Waals surface area contributed by atoms with Crippen LogP contribution in [0.4, 0.5) is 4.39 Å². The molecule has 0 saturated carbocycles. The Morgan fingerprint density at radius 1 is 1.07 bits per heavy atom. The molecule has 0 spiro atoms. The smallest absolute Gasteiger partial charge is 0.357 e. The average Bonchev–Trinajstić information content (AvgIpc) is 3.35. The van der Waals surface area contributed by atoms with Gasteiger partial charge >= 0.3 is 5.97 Å². The van der Waals surface area contributed by atoms with E-state index in [1.54, 1.807) is 6.07 Å². The average molecular weight is 364 g/mol. The van der Waals surface area contributed by atoms with Crippen LogP contribution in [0.15, 0.2) is 55.0 Å². The number of nitrogens with zero attached hydrogens (tertiary/aromatic N) is 2.